The Morgan fingerprint density at radius 2 is 2.00 bits per heavy atom. The Labute approximate surface area is 109 Å². The summed E-state index contributed by atoms with van der Waals surface area (Å²) in [6, 6.07) is 11.2. The summed E-state index contributed by atoms with van der Waals surface area (Å²) in [4.78, 5) is 11.6. The fraction of sp³-hybridized carbons (Fsp3) is 0.133. The Hall–Kier alpha value is -2.36. The van der Waals surface area contributed by atoms with Gasteiger partial charge in [0.1, 0.15) is 24.1 Å². The van der Waals surface area contributed by atoms with Crippen LogP contribution in [0.4, 0.5) is 4.39 Å². The lowest BCUT2D eigenvalue weighted by Crippen LogP contribution is -2.14. The molecule has 0 bridgehead atoms. The highest BCUT2D eigenvalue weighted by Crippen LogP contribution is 2.37. The summed E-state index contributed by atoms with van der Waals surface area (Å²) in [5, 5.41) is 9.47. The maximum absolute atomic E-state index is 13.4. The van der Waals surface area contributed by atoms with Crippen LogP contribution in [0, 0.1) is 5.82 Å². The van der Waals surface area contributed by atoms with Crippen LogP contribution >= 0.6 is 0 Å². The minimum Gasteiger partial charge on any atom is -0.489 e. The molecule has 1 heterocycles. The first-order valence-electron chi connectivity index (χ1n) is 5.89. The van der Waals surface area contributed by atoms with Crippen molar-refractivity contribution in [1.82, 2.24) is 0 Å². The quantitative estimate of drug-likeness (QED) is 0.855. The van der Waals surface area contributed by atoms with Crippen molar-refractivity contribution in [3.05, 3.63) is 65.0 Å². The number of fused-ring (bicyclic) bond motifs is 2. The van der Waals surface area contributed by atoms with Crippen molar-refractivity contribution in [2.24, 2.45) is 0 Å². The molecule has 0 radical (unpaired) electrons. The number of carboxylic acid groups (broad SMARTS) is 1. The first-order valence-corrected chi connectivity index (χ1v) is 5.89. The van der Waals surface area contributed by atoms with Crippen LogP contribution in [0.2, 0.25) is 0 Å². The van der Waals surface area contributed by atoms with Gasteiger partial charge in [0.25, 0.3) is 0 Å². The second-order valence-corrected chi connectivity index (χ2v) is 4.44. The molecular formula is C15H11FO3. The summed E-state index contributed by atoms with van der Waals surface area (Å²) < 4.78 is 19.0. The van der Waals surface area contributed by atoms with Gasteiger partial charge in [-0.1, -0.05) is 24.3 Å². The highest BCUT2D eigenvalue weighted by molar-refractivity contribution is 5.82. The summed E-state index contributed by atoms with van der Waals surface area (Å²) in [7, 11) is 0. The van der Waals surface area contributed by atoms with Gasteiger partial charge in [-0.2, -0.15) is 0 Å². The van der Waals surface area contributed by atoms with Crippen LogP contribution < -0.4 is 4.74 Å². The Bertz CT molecular complexity index is 652. The Morgan fingerprint density at radius 3 is 2.79 bits per heavy atom. The largest absolute Gasteiger partial charge is 0.489 e. The van der Waals surface area contributed by atoms with E-state index in [4.69, 9.17) is 4.74 Å². The van der Waals surface area contributed by atoms with Gasteiger partial charge in [-0.15, -0.1) is 0 Å². The van der Waals surface area contributed by atoms with Crippen molar-refractivity contribution in [2.45, 2.75) is 12.5 Å². The number of carboxylic acids is 1. The molecule has 1 aliphatic heterocycles. The van der Waals surface area contributed by atoms with E-state index in [0.29, 0.717) is 23.5 Å². The van der Waals surface area contributed by atoms with Crippen molar-refractivity contribution in [2.75, 3.05) is 0 Å². The molecule has 3 rings (SSSR count). The third-order valence-corrected chi connectivity index (χ3v) is 3.28. The summed E-state index contributed by atoms with van der Waals surface area (Å²) in [6.45, 7) is 0.290. The normalized spacial score (nSPS) is 16.8. The van der Waals surface area contributed by atoms with Crippen molar-refractivity contribution < 1.29 is 19.0 Å². The maximum atomic E-state index is 13.4. The molecule has 0 aromatic heterocycles. The number of halogens is 1. The molecule has 0 amide bonds. The molecule has 2 aromatic rings. The molecule has 1 aliphatic rings. The first-order chi connectivity index (χ1) is 9.16. The van der Waals surface area contributed by atoms with E-state index in [1.54, 1.807) is 12.1 Å². The lowest BCUT2D eigenvalue weighted by atomic mass is 9.88. The van der Waals surface area contributed by atoms with E-state index < -0.39 is 17.7 Å². The number of hydrogen-bond donors (Lipinski definition) is 1. The van der Waals surface area contributed by atoms with E-state index in [9.17, 15) is 14.3 Å². The van der Waals surface area contributed by atoms with Gasteiger partial charge in [0.2, 0.25) is 0 Å². The minimum atomic E-state index is -1.01. The molecule has 1 N–H and O–H groups in total. The van der Waals surface area contributed by atoms with Gasteiger partial charge in [0.05, 0.1) is 0 Å². The SMILES string of the molecule is O=C(O)[C@@H]1c2ccccc2COc2ccc(F)cc21. The molecule has 96 valence electrons. The predicted octanol–water partition coefficient (Wildman–Crippen LogP) is 2.93. The molecule has 4 heteroatoms. The lowest BCUT2D eigenvalue weighted by Gasteiger charge is -2.14. The number of carbonyl (C=O) groups is 1. The first kappa shape index (κ1) is 11.7. The summed E-state index contributed by atoms with van der Waals surface area (Å²) in [5.41, 5.74) is 1.82. The average Bonchev–Trinajstić information content (AvgIpc) is 2.54. The van der Waals surface area contributed by atoms with Gasteiger partial charge in [-0.25, -0.2) is 4.39 Å². The topological polar surface area (TPSA) is 46.5 Å². The zero-order chi connectivity index (χ0) is 13.4. The molecule has 0 saturated heterocycles. The number of rotatable bonds is 1. The molecule has 0 aliphatic carbocycles. The fourth-order valence-electron chi connectivity index (χ4n) is 2.41. The highest BCUT2D eigenvalue weighted by atomic mass is 19.1. The van der Waals surface area contributed by atoms with Crippen molar-refractivity contribution >= 4 is 5.97 Å². The highest BCUT2D eigenvalue weighted by Gasteiger charge is 2.30. The lowest BCUT2D eigenvalue weighted by molar-refractivity contribution is -0.137. The molecular weight excluding hydrogens is 247 g/mol. The van der Waals surface area contributed by atoms with E-state index in [1.165, 1.54) is 18.2 Å². The van der Waals surface area contributed by atoms with Gasteiger partial charge in [0, 0.05) is 5.56 Å². The number of hydrogen-bond acceptors (Lipinski definition) is 2. The second kappa shape index (κ2) is 4.39. The Kier molecular flexibility index (Phi) is 2.71. The molecule has 2 aromatic carbocycles. The maximum Gasteiger partial charge on any atom is 0.315 e. The van der Waals surface area contributed by atoms with Crippen molar-refractivity contribution in [3.8, 4) is 5.75 Å². The van der Waals surface area contributed by atoms with Crippen LogP contribution in [0.15, 0.2) is 42.5 Å². The standard InChI is InChI=1S/C15H11FO3/c16-10-5-6-13-12(7-10)14(15(17)18)11-4-2-1-3-9(11)8-19-13/h1-7,14H,8H2,(H,17,18)/t14-/m1/s1. The molecule has 0 unspecified atom stereocenters. The van der Waals surface area contributed by atoms with Gasteiger partial charge < -0.3 is 9.84 Å². The third-order valence-electron chi connectivity index (χ3n) is 3.28. The van der Waals surface area contributed by atoms with Crippen molar-refractivity contribution in [3.63, 3.8) is 0 Å². The number of ether oxygens (including phenoxy) is 1. The Balaban J connectivity index is 2.25. The molecule has 0 fully saturated rings. The second-order valence-electron chi connectivity index (χ2n) is 4.44. The minimum absolute atomic E-state index is 0.290. The summed E-state index contributed by atoms with van der Waals surface area (Å²) >= 11 is 0. The van der Waals surface area contributed by atoms with E-state index >= 15 is 0 Å². The van der Waals surface area contributed by atoms with Crippen LogP contribution in [-0.2, 0) is 11.4 Å². The van der Waals surface area contributed by atoms with Crippen LogP contribution in [0.1, 0.15) is 22.6 Å². The summed E-state index contributed by atoms with van der Waals surface area (Å²) in [6.07, 6.45) is 0. The fourth-order valence-corrected chi connectivity index (χ4v) is 2.41. The monoisotopic (exact) mass is 258 g/mol. The van der Waals surface area contributed by atoms with Gasteiger partial charge >= 0.3 is 5.97 Å². The van der Waals surface area contributed by atoms with Gasteiger partial charge in [-0.05, 0) is 29.3 Å². The van der Waals surface area contributed by atoms with E-state index in [-0.39, 0.29) is 0 Å². The van der Waals surface area contributed by atoms with E-state index in [2.05, 4.69) is 0 Å². The van der Waals surface area contributed by atoms with E-state index in [0.717, 1.165) is 5.56 Å². The third kappa shape index (κ3) is 1.95. The van der Waals surface area contributed by atoms with E-state index in [1.807, 2.05) is 12.1 Å². The van der Waals surface area contributed by atoms with Gasteiger partial charge in [0.15, 0.2) is 0 Å². The molecule has 1 atom stereocenters. The van der Waals surface area contributed by atoms with Crippen molar-refractivity contribution in [1.29, 1.82) is 0 Å². The number of benzene rings is 2. The zero-order valence-electron chi connectivity index (χ0n) is 9.97. The van der Waals surface area contributed by atoms with Crippen LogP contribution in [-0.4, -0.2) is 11.1 Å². The Morgan fingerprint density at radius 1 is 1.21 bits per heavy atom. The molecule has 0 saturated carbocycles. The van der Waals surface area contributed by atoms with Crippen LogP contribution in [0.3, 0.4) is 0 Å². The smallest absolute Gasteiger partial charge is 0.315 e. The predicted molar refractivity (Wildman–Crippen MR) is 66.7 cm³/mol. The zero-order valence-corrected chi connectivity index (χ0v) is 9.97. The average molecular weight is 258 g/mol. The van der Waals surface area contributed by atoms with Crippen LogP contribution in [0.25, 0.3) is 0 Å². The molecule has 3 nitrogen and oxygen atoms in total. The van der Waals surface area contributed by atoms with Gasteiger partial charge in [-0.3, -0.25) is 4.79 Å². The number of aliphatic carboxylic acids is 1. The molecule has 0 spiro atoms. The molecule has 19 heavy (non-hydrogen) atoms. The summed E-state index contributed by atoms with van der Waals surface area (Å²) in [5.74, 6) is -1.95. The van der Waals surface area contributed by atoms with Crippen LogP contribution in [0.5, 0.6) is 5.75 Å².